The summed E-state index contributed by atoms with van der Waals surface area (Å²) in [7, 11) is 2.99. The Labute approximate surface area is 150 Å². The fraction of sp³-hybridized carbons (Fsp3) is 0.105. The number of nitro groups is 1. The Morgan fingerprint density at radius 3 is 2.27 bits per heavy atom. The molecule has 0 fully saturated rings. The van der Waals surface area contributed by atoms with Gasteiger partial charge in [-0.15, -0.1) is 0 Å². The minimum atomic E-state index is -0.576. The molecule has 0 amide bonds. The second-order valence-electron chi connectivity index (χ2n) is 5.04. The van der Waals surface area contributed by atoms with Crippen molar-refractivity contribution in [1.82, 2.24) is 0 Å². The molecular formula is C19H17NO6. The van der Waals surface area contributed by atoms with Crippen molar-refractivity contribution >= 4 is 18.1 Å². The maximum Gasteiger partial charge on any atom is 0.336 e. The molecule has 0 N–H and O–H groups in total. The van der Waals surface area contributed by atoms with Gasteiger partial charge in [-0.2, -0.15) is 0 Å². The molecule has 7 nitrogen and oxygen atoms in total. The lowest BCUT2D eigenvalue weighted by atomic mass is 10.2. The topological polar surface area (TPSA) is 87.9 Å². The molecule has 0 saturated carbocycles. The normalized spacial score (nSPS) is 10.8. The van der Waals surface area contributed by atoms with Crippen LogP contribution in [0.5, 0.6) is 17.2 Å². The van der Waals surface area contributed by atoms with Crippen LogP contribution in [-0.4, -0.2) is 25.1 Å². The Morgan fingerprint density at radius 2 is 1.65 bits per heavy atom. The van der Waals surface area contributed by atoms with Crippen LogP contribution in [0.15, 0.2) is 54.7 Å². The van der Waals surface area contributed by atoms with Gasteiger partial charge in [0.2, 0.25) is 6.20 Å². The van der Waals surface area contributed by atoms with Crippen molar-refractivity contribution in [3.05, 3.63) is 76.0 Å². The molecule has 26 heavy (non-hydrogen) atoms. The molecular weight excluding hydrogens is 338 g/mol. The zero-order valence-electron chi connectivity index (χ0n) is 14.2. The fourth-order valence-corrected chi connectivity index (χ4v) is 2.04. The van der Waals surface area contributed by atoms with Gasteiger partial charge in [0.25, 0.3) is 0 Å². The Kier molecular flexibility index (Phi) is 6.50. The van der Waals surface area contributed by atoms with Crippen LogP contribution in [0.2, 0.25) is 0 Å². The van der Waals surface area contributed by atoms with Gasteiger partial charge in [-0.1, -0.05) is 18.2 Å². The zero-order valence-corrected chi connectivity index (χ0v) is 14.2. The van der Waals surface area contributed by atoms with Crippen molar-refractivity contribution < 1.29 is 23.9 Å². The predicted molar refractivity (Wildman–Crippen MR) is 96.7 cm³/mol. The van der Waals surface area contributed by atoms with Crippen LogP contribution in [-0.2, 0) is 4.79 Å². The molecule has 0 atom stereocenters. The Morgan fingerprint density at radius 1 is 0.962 bits per heavy atom. The van der Waals surface area contributed by atoms with E-state index in [4.69, 9.17) is 14.2 Å². The maximum atomic E-state index is 12.0. The van der Waals surface area contributed by atoms with Gasteiger partial charge in [-0.25, -0.2) is 4.79 Å². The molecule has 0 aliphatic carbocycles. The molecule has 2 aromatic carbocycles. The van der Waals surface area contributed by atoms with Crippen LogP contribution in [0.25, 0.3) is 12.2 Å². The van der Waals surface area contributed by atoms with E-state index in [-0.39, 0.29) is 5.75 Å². The first kappa shape index (κ1) is 18.7. The summed E-state index contributed by atoms with van der Waals surface area (Å²) in [5.74, 6) is 0.658. The van der Waals surface area contributed by atoms with E-state index < -0.39 is 10.9 Å². The number of rotatable bonds is 7. The standard InChI is InChI=1S/C19H17NO6/c1-24-16-7-3-14(4-8-16)6-10-19(21)26-17-9-5-15(11-12-20(22)23)13-18(17)25-2/h3-13H,1-2H3/b10-6+,12-11+. The quantitative estimate of drug-likeness (QED) is 0.248. The molecule has 0 aromatic heterocycles. The second kappa shape index (κ2) is 9.03. The van der Waals surface area contributed by atoms with Gasteiger partial charge >= 0.3 is 5.97 Å². The Hall–Kier alpha value is -3.61. The molecule has 0 aliphatic rings. The molecule has 0 aliphatic heterocycles. The molecule has 0 spiro atoms. The summed E-state index contributed by atoms with van der Waals surface area (Å²) in [5.41, 5.74) is 1.36. The fourth-order valence-electron chi connectivity index (χ4n) is 2.04. The monoisotopic (exact) mass is 355 g/mol. The van der Waals surface area contributed by atoms with Crippen LogP contribution < -0.4 is 14.2 Å². The van der Waals surface area contributed by atoms with E-state index in [0.717, 1.165) is 17.5 Å². The number of esters is 1. The van der Waals surface area contributed by atoms with Crippen LogP contribution in [0, 0.1) is 10.1 Å². The van der Waals surface area contributed by atoms with Crippen molar-refractivity contribution in [2.24, 2.45) is 0 Å². The highest BCUT2D eigenvalue weighted by Gasteiger charge is 2.09. The minimum Gasteiger partial charge on any atom is -0.497 e. The number of nitrogens with zero attached hydrogens (tertiary/aromatic N) is 1. The first-order chi connectivity index (χ1) is 12.5. The summed E-state index contributed by atoms with van der Waals surface area (Å²) in [6.07, 6.45) is 5.04. The number of carbonyl (C=O) groups excluding carboxylic acids is 1. The van der Waals surface area contributed by atoms with E-state index in [1.54, 1.807) is 43.5 Å². The highest BCUT2D eigenvalue weighted by molar-refractivity contribution is 5.89. The van der Waals surface area contributed by atoms with E-state index in [2.05, 4.69) is 0 Å². The molecule has 0 radical (unpaired) electrons. The van der Waals surface area contributed by atoms with Gasteiger partial charge in [-0.05, 0) is 41.5 Å². The first-order valence-corrected chi connectivity index (χ1v) is 7.55. The SMILES string of the molecule is COc1ccc(/C=C/C(=O)Oc2ccc(/C=C/[N+](=O)[O-])cc2OC)cc1. The van der Waals surface area contributed by atoms with Crippen molar-refractivity contribution in [3.8, 4) is 17.2 Å². The smallest absolute Gasteiger partial charge is 0.336 e. The number of methoxy groups -OCH3 is 2. The largest absolute Gasteiger partial charge is 0.497 e. The Bertz CT molecular complexity index is 840. The molecule has 0 saturated heterocycles. The van der Waals surface area contributed by atoms with Gasteiger partial charge in [0.05, 0.1) is 19.1 Å². The maximum absolute atomic E-state index is 12.0. The summed E-state index contributed by atoms with van der Waals surface area (Å²) in [5, 5.41) is 10.4. The number of hydrogen-bond donors (Lipinski definition) is 0. The van der Waals surface area contributed by atoms with Gasteiger partial charge < -0.3 is 14.2 Å². The lowest BCUT2D eigenvalue weighted by molar-refractivity contribution is -0.400. The van der Waals surface area contributed by atoms with Crippen LogP contribution >= 0.6 is 0 Å². The summed E-state index contributed by atoms with van der Waals surface area (Å²) in [4.78, 5) is 21.8. The van der Waals surface area contributed by atoms with Crippen molar-refractivity contribution in [3.63, 3.8) is 0 Å². The van der Waals surface area contributed by atoms with Crippen molar-refractivity contribution in [1.29, 1.82) is 0 Å². The third-order valence-corrected chi connectivity index (χ3v) is 3.31. The van der Waals surface area contributed by atoms with E-state index in [1.807, 2.05) is 0 Å². The zero-order chi connectivity index (χ0) is 18.9. The first-order valence-electron chi connectivity index (χ1n) is 7.55. The van der Waals surface area contributed by atoms with Crippen LogP contribution in [0.3, 0.4) is 0 Å². The van der Waals surface area contributed by atoms with Crippen molar-refractivity contribution in [2.45, 2.75) is 0 Å². The molecule has 7 heteroatoms. The number of carbonyl (C=O) groups is 1. The lowest BCUT2D eigenvalue weighted by Crippen LogP contribution is -2.05. The average Bonchev–Trinajstić information content (AvgIpc) is 2.65. The molecule has 0 bridgehead atoms. The Balaban J connectivity index is 2.07. The molecule has 0 heterocycles. The van der Waals surface area contributed by atoms with E-state index in [0.29, 0.717) is 11.3 Å². The van der Waals surface area contributed by atoms with Gasteiger partial charge in [0.15, 0.2) is 11.5 Å². The van der Waals surface area contributed by atoms with Gasteiger partial charge in [-0.3, -0.25) is 10.1 Å². The summed E-state index contributed by atoms with van der Waals surface area (Å²) >= 11 is 0. The summed E-state index contributed by atoms with van der Waals surface area (Å²) in [6, 6.07) is 11.8. The van der Waals surface area contributed by atoms with Gasteiger partial charge in [0.1, 0.15) is 5.75 Å². The average molecular weight is 355 g/mol. The minimum absolute atomic E-state index is 0.218. The van der Waals surface area contributed by atoms with Crippen molar-refractivity contribution in [2.75, 3.05) is 14.2 Å². The highest BCUT2D eigenvalue weighted by atomic mass is 16.6. The number of ether oxygens (including phenoxy) is 3. The van der Waals surface area contributed by atoms with E-state index in [9.17, 15) is 14.9 Å². The highest BCUT2D eigenvalue weighted by Crippen LogP contribution is 2.28. The lowest BCUT2D eigenvalue weighted by Gasteiger charge is -2.08. The van der Waals surface area contributed by atoms with Gasteiger partial charge in [0, 0.05) is 12.2 Å². The van der Waals surface area contributed by atoms with Crippen LogP contribution in [0.4, 0.5) is 0 Å². The third-order valence-electron chi connectivity index (χ3n) is 3.31. The second-order valence-corrected chi connectivity index (χ2v) is 5.04. The van der Waals surface area contributed by atoms with E-state index >= 15 is 0 Å². The third kappa shape index (κ3) is 5.48. The summed E-state index contributed by atoms with van der Waals surface area (Å²) in [6.45, 7) is 0. The molecule has 2 aromatic rings. The van der Waals surface area contributed by atoms with E-state index in [1.165, 1.54) is 31.4 Å². The van der Waals surface area contributed by atoms with Crippen LogP contribution in [0.1, 0.15) is 11.1 Å². The summed E-state index contributed by atoms with van der Waals surface area (Å²) < 4.78 is 15.5. The number of benzene rings is 2. The molecule has 0 unspecified atom stereocenters. The molecule has 2 rings (SSSR count). The predicted octanol–water partition coefficient (Wildman–Crippen LogP) is 3.57. The molecule has 134 valence electrons. The number of hydrogen-bond acceptors (Lipinski definition) is 6.